The van der Waals surface area contributed by atoms with Crippen LogP contribution < -0.4 is 10.1 Å². The summed E-state index contributed by atoms with van der Waals surface area (Å²) in [6.45, 7) is 3.59. The first kappa shape index (κ1) is 20.2. The molecule has 0 radical (unpaired) electrons. The highest BCUT2D eigenvalue weighted by atomic mass is 16.6. The fraction of sp³-hybridized carbons (Fsp3) is 0.350. The Hall–Kier alpha value is -3.09. The second kappa shape index (κ2) is 10.2. The average Bonchev–Trinajstić information content (AvgIpc) is 2.66. The van der Waals surface area contributed by atoms with E-state index < -0.39 is 4.92 Å². The van der Waals surface area contributed by atoms with Gasteiger partial charge in [0.15, 0.2) is 0 Å². The maximum atomic E-state index is 12.2. The van der Waals surface area contributed by atoms with Gasteiger partial charge in [-0.2, -0.15) is 0 Å². The van der Waals surface area contributed by atoms with Crippen LogP contribution in [0.2, 0.25) is 0 Å². The summed E-state index contributed by atoms with van der Waals surface area (Å²) in [6.07, 6.45) is 1.11. The van der Waals surface area contributed by atoms with Gasteiger partial charge in [-0.1, -0.05) is 18.2 Å². The highest BCUT2D eigenvalue weighted by Gasteiger charge is 2.09. The zero-order valence-corrected chi connectivity index (χ0v) is 15.7. The third-order valence-corrected chi connectivity index (χ3v) is 4.18. The van der Waals surface area contributed by atoms with E-state index in [2.05, 4.69) is 5.32 Å². The SMILES string of the molecule is Cc1ccccc1OCCN(C)C(=O)CCCNc1ccc([N+](=O)[O-])cc1. The predicted molar refractivity (Wildman–Crippen MR) is 105 cm³/mol. The number of amides is 1. The lowest BCUT2D eigenvalue weighted by molar-refractivity contribution is -0.384. The number of hydrogen-bond acceptors (Lipinski definition) is 5. The van der Waals surface area contributed by atoms with Gasteiger partial charge in [0.05, 0.1) is 11.5 Å². The molecule has 7 nitrogen and oxygen atoms in total. The molecule has 0 bridgehead atoms. The standard InChI is InChI=1S/C20H25N3O4/c1-16-6-3-4-7-19(16)27-15-14-22(2)20(24)8-5-13-21-17-9-11-18(12-10-17)23(25)26/h3-4,6-7,9-12,21H,5,8,13-15H2,1-2H3. The van der Waals surface area contributed by atoms with Crippen LogP contribution in [0.25, 0.3) is 0 Å². The molecule has 0 aliphatic rings. The number of hydrogen-bond donors (Lipinski definition) is 1. The molecule has 0 aromatic heterocycles. The normalized spacial score (nSPS) is 10.3. The lowest BCUT2D eigenvalue weighted by atomic mass is 10.2. The van der Waals surface area contributed by atoms with Crippen molar-refractivity contribution in [1.82, 2.24) is 4.90 Å². The number of carbonyl (C=O) groups excluding carboxylic acids is 1. The number of non-ortho nitro benzene ring substituents is 1. The Balaban J connectivity index is 1.63. The number of aryl methyl sites for hydroxylation is 1. The molecule has 0 spiro atoms. The molecule has 1 N–H and O–H groups in total. The molecule has 2 aromatic rings. The van der Waals surface area contributed by atoms with Crippen molar-refractivity contribution in [2.45, 2.75) is 19.8 Å². The number of rotatable bonds is 10. The molecule has 0 saturated carbocycles. The Morgan fingerprint density at radius 1 is 1.19 bits per heavy atom. The maximum absolute atomic E-state index is 12.2. The third kappa shape index (κ3) is 6.62. The summed E-state index contributed by atoms with van der Waals surface area (Å²) >= 11 is 0. The van der Waals surface area contributed by atoms with Gasteiger partial charge in [-0.25, -0.2) is 0 Å². The first-order valence-corrected chi connectivity index (χ1v) is 8.88. The topological polar surface area (TPSA) is 84.7 Å². The molecule has 0 saturated heterocycles. The van der Waals surface area contributed by atoms with Crippen LogP contribution in [0.4, 0.5) is 11.4 Å². The number of ether oxygens (including phenoxy) is 1. The van der Waals surface area contributed by atoms with Gasteiger partial charge in [-0.3, -0.25) is 14.9 Å². The molecule has 7 heteroatoms. The highest BCUT2D eigenvalue weighted by Crippen LogP contribution is 2.16. The van der Waals surface area contributed by atoms with Crippen LogP contribution in [0.15, 0.2) is 48.5 Å². The van der Waals surface area contributed by atoms with Crippen molar-refractivity contribution >= 4 is 17.3 Å². The smallest absolute Gasteiger partial charge is 0.269 e. The van der Waals surface area contributed by atoms with Gasteiger partial charge in [0.1, 0.15) is 12.4 Å². The number of carbonyl (C=O) groups is 1. The molecular formula is C20H25N3O4. The second-order valence-electron chi connectivity index (χ2n) is 6.26. The molecule has 2 rings (SSSR count). The van der Waals surface area contributed by atoms with E-state index in [-0.39, 0.29) is 11.6 Å². The van der Waals surface area contributed by atoms with Crippen LogP contribution >= 0.6 is 0 Å². The Bertz CT molecular complexity index is 762. The predicted octanol–water partition coefficient (Wildman–Crippen LogP) is 3.63. The van der Waals surface area contributed by atoms with Crippen molar-refractivity contribution < 1.29 is 14.5 Å². The molecule has 0 unspecified atom stereocenters. The first-order chi connectivity index (χ1) is 13.0. The van der Waals surface area contributed by atoms with Crippen molar-refractivity contribution in [2.75, 3.05) is 32.1 Å². The van der Waals surface area contributed by atoms with E-state index in [1.807, 2.05) is 31.2 Å². The van der Waals surface area contributed by atoms with Crippen LogP contribution in [0.5, 0.6) is 5.75 Å². The van der Waals surface area contributed by atoms with E-state index in [4.69, 9.17) is 4.74 Å². The largest absolute Gasteiger partial charge is 0.491 e. The van der Waals surface area contributed by atoms with Gasteiger partial charge in [-0.05, 0) is 37.1 Å². The number of benzene rings is 2. The quantitative estimate of drug-likeness (QED) is 0.392. The Morgan fingerprint density at radius 2 is 1.89 bits per heavy atom. The Kier molecular flexibility index (Phi) is 7.61. The molecule has 27 heavy (non-hydrogen) atoms. The minimum atomic E-state index is -0.429. The van der Waals surface area contributed by atoms with Gasteiger partial charge in [0.2, 0.25) is 5.91 Å². The zero-order chi connectivity index (χ0) is 19.6. The summed E-state index contributed by atoms with van der Waals surface area (Å²) in [7, 11) is 1.77. The number of para-hydroxylation sites is 1. The monoisotopic (exact) mass is 371 g/mol. The van der Waals surface area contributed by atoms with Crippen LogP contribution in [-0.2, 0) is 4.79 Å². The summed E-state index contributed by atoms with van der Waals surface area (Å²) < 4.78 is 5.71. The Labute approximate surface area is 159 Å². The minimum Gasteiger partial charge on any atom is -0.491 e. The van der Waals surface area contributed by atoms with Crippen molar-refractivity contribution in [3.05, 3.63) is 64.2 Å². The fourth-order valence-corrected chi connectivity index (χ4v) is 2.50. The lowest BCUT2D eigenvalue weighted by Crippen LogP contribution is -2.31. The summed E-state index contributed by atoms with van der Waals surface area (Å²) in [4.78, 5) is 24.0. The van der Waals surface area contributed by atoms with Gasteiger partial charge in [-0.15, -0.1) is 0 Å². The van der Waals surface area contributed by atoms with Crippen molar-refractivity contribution in [3.8, 4) is 5.75 Å². The lowest BCUT2D eigenvalue weighted by Gasteiger charge is -2.18. The zero-order valence-electron chi connectivity index (χ0n) is 15.7. The number of nitro groups is 1. The molecule has 0 atom stereocenters. The summed E-state index contributed by atoms with van der Waals surface area (Å²) in [6, 6.07) is 14.0. The molecule has 144 valence electrons. The summed E-state index contributed by atoms with van der Waals surface area (Å²) in [5, 5.41) is 13.8. The van der Waals surface area contributed by atoms with Crippen molar-refractivity contribution in [3.63, 3.8) is 0 Å². The van der Waals surface area contributed by atoms with E-state index in [0.717, 1.165) is 17.0 Å². The molecule has 0 heterocycles. The molecule has 2 aromatic carbocycles. The van der Waals surface area contributed by atoms with E-state index >= 15 is 0 Å². The van der Waals surface area contributed by atoms with E-state index in [1.165, 1.54) is 12.1 Å². The number of likely N-dealkylation sites (N-methyl/N-ethyl adjacent to an activating group) is 1. The Morgan fingerprint density at radius 3 is 2.56 bits per heavy atom. The van der Waals surface area contributed by atoms with E-state index in [0.29, 0.717) is 32.5 Å². The highest BCUT2D eigenvalue weighted by molar-refractivity contribution is 5.75. The molecule has 0 aliphatic heterocycles. The summed E-state index contributed by atoms with van der Waals surface area (Å²) in [5.74, 6) is 0.902. The van der Waals surface area contributed by atoms with Crippen molar-refractivity contribution in [1.29, 1.82) is 0 Å². The number of anilines is 1. The van der Waals surface area contributed by atoms with Crippen LogP contribution in [-0.4, -0.2) is 42.5 Å². The molecule has 1 amide bonds. The first-order valence-electron chi connectivity index (χ1n) is 8.88. The van der Waals surface area contributed by atoms with Gasteiger partial charge in [0.25, 0.3) is 5.69 Å². The molecular weight excluding hydrogens is 346 g/mol. The molecule has 0 fully saturated rings. The summed E-state index contributed by atoms with van der Waals surface area (Å²) in [5.41, 5.74) is 1.93. The van der Waals surface area contributed by atoms with Crippen LogP contribution in [0, 0.1) is 17.0 Å². The second-order valence-corrected chi connectivity index (χ2v) is 6.26. The minimum absolute atomic E-state index is 0.0604. The van der Waals surface area contributed by atoms with Gasteiger partial charge in [0, 0.05) is 37.8 Å². The number of nitrogens with zero attached hydrogens (tertiary/aromatic N) is 2. The van der Waals surface area contributed by atoms with Crippen molar-refractivity contribution in [2.24, 2.45) is 0 Å². The third-order valence-electron chi connectivity index (χ3n) is 4.18. The van der Waals surface area contributed by atoms with E-state index in [1.54, 1.807) is 24.1 Å². The average molecular weight is 371 g/mol. The van der Waals surface area contributed by atoms with Gasteiger partial charge < -0.3 is 15.0 Å². The van der Waals surface area contributed by atoms with E-state index in [9.17, 15) is 14.9 Å². The number of nitro benzene ring substituents is 1. The van der Waals surface area contributed by atoms with Crippen LogP contribution in [0.3, 0.4) is 0 Å². The van der Waals surface area contributed by atoms with Crippen LogP contribution in [0.1, 0.15) is 18.4 Å². The number of nitrogens with one attached hydrogen (secondary N) is 1. The van der Waals surface area contributed by atoms with Gasteiger partial charge >= 0.3 is 0 Å². The molecule has 0 aliphatic carbocycles. The maximum Gasteiger partial charge on any atom is 0.269 e. The fourth-order valence-electron chi connectivity index (χ4n) is 2.50.